The lowest BCUT2D eigenvalue weighted by molar-refractivity contribution is -0.135. The highest BCUT2D eigenvalue weighted by atomic mass is 32.2. The highest BCUT2D eigenvalue weighted by molar-refractivity contribution is 7.92. The van der Waals surface area contributed by atoms with Crippen LogP contribution in [0.4, 0.5) is 10.6 Å². The van der Waals surface area contributed by atoms with Crippen molar-refractivity contribution >= 4 is 39.1 Å². The van der Waals surface area contributed by atoms with E-state index in [4.69, 9.17) is 10.5 Å². The fraction of sp³-hybridized carbons (Fsp3) is 0.250. The molecule has 1 aromatic carbocycles. The second kappa shape index (κ2) is 11.7. The number of hydrogen-bond donors (Lipinski definition) is 2. The van der Waals surface area contributed by atoms with Gasteiger partial charge in [-0.25, -0.2) is 28.2 Å². The molecule has 0 fully saturated rings. The smallest absolute Gasteiger partial charge is 0.416 e. The van der Waals surface area contributed by atoms with Crippen molar-refractivity contribution in [1.82, 2.24) is 15.0 Å². The Labute approximate surface area is 241 Å². The number of pyridine rings is 2. The lowest BCUT2D eigenvalue weighted by atomic mass is 10.0. The number of hydrogen-bond acceptors (Lipinski definition) is 10. The first-order valence-electron chi connectivity index (χ1n) is 12.4. The average molecular weight is 596 g/mol. The highest BCUT2D eigenvalue weighted by Crippen LogP contribution is 2.34. The molecule has 0 spiro atoms. The summed E-state index contributed by atoms with van der Waals surface area (Å²) in [5.41, 5.74) is 9.71. The molecule has 1 atom stereocenters. The number of aromatic nitrogens is 3. The van der Waals surface area contributed by atoms with Crippen LogP contribution >= 0.6 is 11.3 Å². The van der Waals surface area contributed by atoms with Crippen LogP contribution in [0.15, 0.2) is 82.8 Å². The number of carboxylic acids is 1. The topological polar surface area (TPSA) is 166 Å². The predicted octanol–water partition coefficient (Wildman–Crippen LogP) is 4.25. The van der Waals surface area contributed by atoms with Gasteiger partial charge in [0.05, 0.1) is 16.9 Å². The van der Waals surface area contributed by atoms with E-state index in [9.17, 15) is 23.1 Å². The third-order valence-corrected chi connectivity index (χ3v) is 8.58. The van der Waals surface area contributed by atoms with E-state index in [-0.39, 0.29) is 23.0 Å². The zero-order valence-electron chi connectivity index (χ0n) is 22.6. The van der Waals surface area contributed by atoms with Crippen molar-refractivity contribution in [1.29, 1.82) is 0 Å². The number of thiazole rings is 1. The first-order valence-corrected chi connectivity index (χ1v) is 14.8. The number of nitrogens with zero attached hydrogens (tertiary/aromatic N) is 4. The minimum absolute atomic E-state index is 0.108. The first-order chi connectivity index (χ1) is 19.3. The zero-order chi connectivity index (χ0) is 29.8. The van der Waals surface area contributed by atoms with Gasteiger partial charge in [-0.15, -0.1) is 11.3 Å². The number of anilines is 1. The SMILES string of the molecule is CC(C)(C)OC(=O)N(CC(=O)O)c1cccc(C(N)(Cc2ccc(-c3cscn3)cc2)S(=O)(=O)c2ccccn2)n1. The number of sulfone groups is 1. The fourth-order valence-electron chi connectivity index (χ4n) is 3.97. The lowest BCUT2D eigenvalue weighted by Crippen LogP contribution is -2.48. The maximum atomic E-state index is 14.1. The van der Waals surface area contributed by atoms with Crippen molar-refractivity contribution in [2.45, 2.75) is 42.7 Å². The van der Waals surface area contributed by atoms with E-state index in [1.807, 2.05) is 17.5 Å². The third-order valence-electron chi connectivity index (χ3n) is 5.89. The lowest BCUT2D eigenvalue weighted by Gasteiger charge is -2.30. The fourth-order valence-corrected chi connectivity index (χ4v) is 6.11. The van der Waals surface area contributed by atoms with Crippen molar-refractivity contribution in [2.75, 3.05) is 11.4 Å². The minimum Gasteiger partial charge on any atom is -0.480 e. The minimum atomic E-state index is -4.38. The highest BCUT2D eigenvalue weighted by Gasteiger charge is 2.45. The Balaban J connectivity index is 1.81. The van der Waals surface area contributed by atoms with E-state index in [0.29, 0.717) is 5.56 Å². The normalized spacial score (nSPS) is 13.3. The average Bonchev–Trinajstić information content (AvgIpc) is 3.47. The molecule has 0 aliphatic carbocycles. The van der Waals surface area contributed by atoms with Gasteiger partial charge in [-0.3, -0.25) is 9.69 Å². The summed E-state index contributed by atoms with van der Waals surface area (Å²) in [7, 11) is -4.38. The number of carbonyl (C=O) groups is 2. The molecule has 214 valence electrons. The molecule has 3 N–H and O–H groups in total. The van der Waals surface area contributed by atoms with E-state index >= 15 is 0 Å². The molecule has 0 bridgehead atoms. The van der Waals surface area contributed by atoms with Crippen molar-refractivity contribution in [2.24, 2.45) is 5.73 Å². The summed E-state index contributed by atoms with van der Waals surface area (Å²) >= 11 is 1.46. The van der Waals surface area contributed by atoms with Crippen molar-refractivity contribution < 1.29 is 27.9 Å². The summed E-state index contributed by atoms with van der Waals surface area (Å²) in [4.78, 5) is 36.0. The van der Waals surface area contributed by atoms with E-state index in [2.05, 4.69) is 15.0 Å². The molecule has 11 nitrogen and oxygen atoms in total. The molecule has 1 unspecified atom stereocenters. The van der Waals surface area contributed by atoms with E-state index in [1.165, 1.54) is 47.9 Å². The van der Waals surface area contributed by atoms with Crippen molar-refractivity contribution in [3.63, 3.8) is 0 Å². The molecular weight excluding hydrogens is 566 g/mol. The number of carboxylic acid groups (broad SMARTS) is 1. The molecule has 0 saturated carbocycles. The van der Waals surface area contributed by atoms with Gasteiger partial charge in [-0.1, -0.05) is 36.4 Å². The van der Waals surface area contributed by atoms with Crippen LogP contribution in [0.2, 0.25) is 0 Å². The quantitative estimate of drug-likeness (QED) is 0.286. The standard InChI is InChI=1S/C28H29N5O6S2/c1-27(2,3)39-26(36)33(16-25(34)35)23-8-6-7-22(32-23)28(29,41(37,38)24-9-4-5-14-30-24)15-19-10-12-20(13-11-19)21-17-40-18-31-21/h4-14,17-18H,15-16,29H2,1-3H3,(H,34,35). The van der Waals surface area contributed by atoms with E-state index in [1.54, 1.807) is 44.5 Å². The molecule has 1 amide bonds. The molecule has 3 aromatic heterocycles. The van der Waals surface area contributed by atoms with Crippen LogP contribution in [0, 0.1) is 0 Å². The molecular formula is C28H29N5O6S2. The molecule has 0 aliphatic rings. The molecule has 4 aromatic rings. The van der Waals surface area contributed by atoms with Gasteiger partial charge in [0.2, 0.25) is 9.84 Å². The maximum Gasteiger partial charge on any atom is 0.416 e. The Morgan fingerprint density at radius 1 is 1.02 bits per heavy atom. The monoisotopic (exact) mass is 595 g/mol. The van der Waals surface area contributed by atoms with Gasteiger partial charge >= 0.3 is 12.1 Å². The van der Waals surface area contributed by atoms with Crippen LogP contribution in [0.3, 0.4) is 0 Å². The van der Waals surface area contributed by atoms with Gasteiger partial charge in [-0.05, 0) is 50.6 Å². The molecule has 4 rings (SSSR count). The first kappa shape index (κ1) is 29.8. The predicted molar refractivity (Wildman–Crippen MR) is 154 cm³/mol. The van der Waals surface area contributed by atoms with Gasteiger partial charge in [0.25, 0.3) is 0 Å². The number of carbonyl (C=O) groups excluding carboxylic acids is 1. The van der Waals surface area contributed by atoms with Crippen molar-refractivity contribution in [3.05, 3.63) is 89.0 Å². The Morgan fingerprint density at radius 3 is 2.34 bits per heavy atom. The summed E-state index contributed by atoms with van der Waals surface area (Å²) in [5, 5.41) is 11.1. The molecule has 0 radical (unpaired) electrons. The van der Waals surface area contributed by atoms with Crippen LogP contribution in [-0.2, 0) is 30.7 Å². The molecule has 41 heavy (non-hydrogen) atoms. The Kier molecular flexibility index (Phi) is 8.52. The van der Waals surface area contributed by atoms with Crippen LogP contribution in [0.1, 0.15) is 32.0 Å². The Morgan fingerprint density at radius 2 is 1.76 bits per heavy atom. The summed E-state index contributed by atoms with van der Waals surface area (Å²) in [6.45, 7) is 4.14. The second-order valence-corrected chi connectivity index (χ2v) is 13.0. The van der Waals surface area contributed by atoms with Crippen LogP contribution < -0.4 is 10.6 Å². The molecule has 13 heteroatoms. The third kappa shape index (κ3) is 6.76. The largest absolute Gasteiger partial charge is 0.480 e. The van der Waals surface area contributed by atoms with Gasteiger partial charge in [0, 0.05) is 23.6 Å². The zero-order valence-corrected chi connectivity index (χ0v) is 24.2. The van der Waals surface area contributed by atoms with Gasteiger partial charge in [0.15, 0.2) is 9.90 Å². The van der Waals surface area contributed by atoms with E-state index in [0.717, 1.165) is 16.2 Å². The number of aliphatic carboxylic acids is 1. The maximum absolute atomic E-state index is 14.1. The summed E-state index contributed by atoms with van der Waals surface area (Å²) in [6.07, 6.45) is 0.180. The number of benzene rings is 1. The molecule has 3 heterocycles. The second-order valence-electron chi connectivity index (χ2n) is 10.1. The van der Waals surface area contributed by atoms with Crippen molar-refractivity contribution in [3.8, 4) is 11.3 Å². The number of amides is 1. The molecule has 0 saturated heterocycles. The van der Waals surface area contributed by atoms with Gasteiger partial charge < -0.3 is 15.6 Å². The Hall–Kier alpha value is -4.20. The number of nitrogens with two attached hydrogens (primary N) is 1. The number of rotatable bonds is 9. The van der Waals surface area contributed by atoms with Gasteiger partial charge in [0.1, 0.15) is 18.0 Å². The summed E-state index contributed by atoms with van der Waals surface area (Å²) < 4.78 is 33.5. The number of ether oxygens (including phenoxy) is 1. The summed E-state index contributed by atoms with van der Waals surface area (Å²) in [5.74, 6) is -1.45. The van der Waals surface area contributed by atoms with Crippen LogP contribution in [0.5, 0.6) is 0 Å². The van der Waals surface area contributed by atoms with Gasteiger partial charge in [-0.2, -0.15) is 0 Å². The molecule has 0 aliphatic heterocycles. The van der Waals surface area contributed by atoms with E-state index < -0.39 is 38.9 Å². The Bertz CT molecular complexity index is 1620. The summed E-state index contributed by atoms with van der Waals surface area (Å²) in [6, 6.07) is 15.9. The van der Waals surface area contributed by atoms with Crippen LogP contribution in [-0.4, -0.2) is 52.7 Å². The van der Waals surface area contributed by atoms with Crippen LogP contribution in [0.25, 0.3) is 11.3 Å².